The van der Waals surface area contributed by atoms with Crippen LogP contribution in [0.1, 0.15) is 32.6 Å². The van der Waals surface area contributed by atoms with E-state index in [0.717, 1.165) is 46.9 Å². The summed E-state index contributed by atoms with van der Waals surface area (Å²) >= 11 is 6.08. The molecule has 122 valence electrons. The highest BCUT2D eigenvalue weighted by molar-refractivity contribution is 6.31. The van der Waals surface area contributed by atoms with E-state index in [9.17, 15) is 0 Å². The van der Waals surface area contributed by atoms with Crippen LogP contribution in [0.3, 0.4) is 0 Å². The number of piperidine rings is 1. The van der Waals surface area contributed by atoms with Crippen LogP contribution in [0.5, 0.6) is 0 Å². The third-order valence-electron chi connectivity index (χ3n) is 5.41. The van der Waals surface area contributed by atoms with Crippen LogP contribution in [-0.2, 0) is 0 Å². The van der Waals surface area contributed by atoms with E-state index in [-0.39, 0.29) is 0 Å². The standard InChI is InChI=1S/C18H23ClN4/c1-13-3-2-8-23(13)15-6-9-22(10-7-15)18-16-5-4-14(19)11-17(16)20-12-21-18/h4-5,11-13,15H,2-3,6-10H2,1H3. The highest BCUT2D eigenvalue weighted by Crippen LogP contribution is 2.30. The molecule has 2 aliphatic heterocycles. The highest BCUT2D eigenvalue weighted by Gasteiger charge is 2.31. The first-order chi connectivity index (χ1) is 11.2. The summed E-state index contributed by atoms with van der Waals surface area (Å²) in [5, 5.41) is 1.83. The molecule has 1 aromatic heterocycles. The Morgan fingerprint density at radius 3 is 2.65 bits per heavy atom. The summed E-state index contributed by atoms with van der Waals surface area (Å²) in [5.41, 5.74) is 0.929. The lowest BCUT2D eigenvalue weighted by Crippen LogP contribution is -2.46. The second-order valence-electron chi connectivity index (χ2n) is 6.81. The van der Waals surface area contributed by atoms with E-state index in [1.165, 1.54) is 32.2 Å². The second kappa shape index (κ2) is 6.25. The zero-order valence-corrected chi connectivity index (χ0v) is 14.3. The van der Waals surface area contributed by atoms with Crippen molar-refractivity contribution in [1.29, 1.82) is 0 Å². The molecule has 0 aliphatic carbocycles. The maximum absolute atomic E-state index is 6.08. The van der Waals surface area contributed by atoms with Crippen LogP contribution in [0.25, 0.3) is 10.9 Å². The van der Waals surface area contributed by atoms with Gasteiger partial charge in [-0.1, -0.05) is 11.6 Å². The molecule has 23 heavy (non-hydrogen) atoms. The van der Waals surface area contributed by atoms with Crippen molar-refractivity contribution < 1.29 is 0 Å². The fourth-order valence-corrected chi connectivity index (χ4v) is 4.34. The van der Waals surface area contributed by atoms with Gasteiger partial charge in [-0.3, -0.25) is 4.90 Å². The van der Waals surface area contributed by atoms with Gasteiger partial charge in [0.05, 0.1) is 5.52 Å². The molecule has 2 fully saturated rings. The van der Waals surface area contributed by atoms with Crippen LogP contribution in [0, 0.1) is 0 Å². The van der Waals surface area contributed by atoms with Gasteiger partial charge in [0.2, 0.25) is 0 Å². The summed E-state index contributed by atoms with van der Waals surface area (Å²) < 4.78 is 0. The SMILES string of the molecule is CC1CCCN1C1CCN(c2ncnc3cc(Cl)ccc23)CC1. The lowest BCUT2D eigenvalue weighted by Gasteiger charge is -2.39. The van der Waals surface area contributed by atoms with Crippen molar-refractivity contribution in [1.82, 2.24) is 14.9 Å². The minimum atomic E-state index is 0.726. The molecule has 3 heterocycles. The van der Waals surface area contributed by atoms with Crippen molar-refractivity contribution >= 4 is 28.3 Å². The van der Waals surface area contributed by atoms with Gasteiger partial charge in [-0.05, 0) is 57.4 Å². The van der Waals surface area contributed by atoms with Gasteiger partial charge in [0.1, 0.15) is 12.1 Å². The van der Waals surface area contributed by atoms with Crippen molar-refractivity contribution in [3.8, 4) is 0 Å². The van der Waals surface area contributed by atoms with E-state index in [2.05, 4.69) is 26.7 Å². The third-order valence-corrected chi connectivity index (χ3v) is 5.65. The van der Waals surface area contributed by atoms with E-state index >= 15 is 0 Å². The molecule has 0 amide bonds. The molecule has 2 aromatic rings. The molecule has 0 N–H and O–H groups in total. The number of anilines is 1. The molecule has 4 rings (SSSR count). The van der Waals surface area contributed by atoms with Crippen molar-refractivity contribution in [2.24, 2.45) is 0 Å². The number of aromatic nitrogens is 2. The van der Waals surface area contributed by atoms with Gasteiger partial charge >= 0.3 is 0 Å². The van der Waals surface area contributed by atoms with Crippen molar-refractivity contribution in [2.75, 3.05) is 24.5 Å². The van der Waals surface area contributed by atoms with E-state index in [4.69, 9.17) is 11.6 Å². The first-order valence-corrected chi connectivity index (χ1v) is 9.01. The highest BCUT2D eigenvalue weighted by atomic mass is 35.5. The van der Waals surface area contributed by atoms with Crippen molar-refractivity contribution in [3.05, 3.63) is 29.5 Å². The summed E-state index contributed by atoms with van der Waals surface area (Å²) in [5.74, 6) is 1.06. The van der Waals surface area contributed by atoms with Crippen LogP contribution in [-0.4, -0.2) is 46.6 Å². The first-order valence-electron chi connectivity index (χ1n) is 8.63. The summed E-state index contributed by atoms with van der Waals surface area (Å²) in [6.07, 6.45) is 6.83. The smallest absolute Gasteiger partial charge is 0.139 e. The molecular formula is C18H23ClN4. The largest absolute Gasteiger partial charge is 0.356 e. The average molecular weight is 331 g/mol. The molecule has 2 aliphatic rings. The molecule has 1 unspecified atom stereocenters. The fraction of sp³-hybridized carbons (Fsp3) is 0.556. The van der Waals surface area contributed by atoms with E-state index in [0.29, 0.717) is 0 Å². The van der Waals surface area contributed by atoms with Crippen LogP contribution in [0.4, 0.5) is 5.82 Å². The van der Waals surface area contributed by atoms with Gasteiger partial charge in [0, 0.05) is 35.6 Å². The number of rotatable bonds is 2. The molecule has 1 aromatic carbocycles. The van der Waals surface area contributed by atoms with Gasteiger partial charge < -0.3 is 4.90 Å². The Kier molecular flexibility index (Phi) is 4.12. The molecule has 0 radical (unpaired) electrons. The Morgan fingerprint density at radius 1 is 1.09 bits per heavy atom. The normalized spacial score (nSPS) is 23.7. The topological polar surface area (TPSA) is 32.3 Å². The van der Waals surface area contributed by atoms with Crippen LogP contribution < -0.4 is 4.90 Å². The molecular weight excluding hydrogens is 308 g/mol. The molecule has 2 saturated heterocycles. The quantitative estimate of drug-likeness (QED) is 0.839. The predicted molar refractivity (Wildman–Crippen MR) is 95.2 cm³/mol. The Morgan fingerprint density at radius 2 is 1.91 bits per heavy atom. The number of likely N-dealkylation sites (tertiary alicyclic amines) is 1. The Hall–Kier alpha value is -1.39. The minimum absolute atomic E-state index is 0.726. The van der Waals surface area contributed by atoms with Crippen LogP contribution in [0.15, 0.2) is 24.5 Å². The van der Waals surface area contributed by atoms with Gasteiger partial charge in [-0.15, -0.1) is 0 Å². The summed E-state index contributed by atoms with van der Waals surface area (Å²) in [6, 6.07) is 7.39. The number of nitrogens with zero attached hydrogens (tertiary/aromatic N) is 4. The second-order valence-corrected chi connectivity index (χ2v) is 7.24. The van der Waals surface area contributed by atoms with Gasteiger partial charge in [0.15, 0.2) is 0 Å². The maximum Gasteiger partial charge on any atom is 0.139 e. The van der Waals surface area contributed by atoms with E-state index in [1.807, 2.05) is 18.2 Å². The Balaban J connectivity index is 1.52. The lowest BCUT2D eigenvalue weighted by molar-refractivity contribution is 0.163. The van der Waals surface area contributed by atoms with Gasteiger partial charge in [0.25, 0.3) is 0 Å². The summed E-state index contributed by atoms with van der Waals surface area (Å²) in [4.78, 5) is 14.0. The predicted octanol–water partition coefficient (Wildman–Crippen LogP) is 3.74. The maximum atomic E-state index is 6.08. The Bertz CT molecular complexity index is 696. The van der Waals surface area contributed by atoms with Crippen LogP contribution in [0.2, 0.25) is 5.02 Å². The molecule has 0 spiro atoms. The van der Waals surface area contributed by atoms with E-state index < -0.39 is 0 Å². The Labute approximate surface area is 142 Å². The molecule has 1 atom stereocenters. The molecule has 4 nitrogen and oxygen atoms in total. The van der Waals surface area contributed by atoms with Gasteiger partial charge in [-0.25, -0.2) is 9.97 Å². The molecule has 5 heteroatoms. The third kappa shape index (κ3) is 2.90. The fourth-order valence-electron chi connectivity index (χ4n) is 4.18. The minimum Gasteiger partial charge on any atom is -0.356 e. The van der Waals surface area contributed by atoms with Crippen molar-refractivity contribution in [2.45, 2.75) is 44.7 Å². The number of benzene rings is 1. The number of hydrogen-bond donors (Lipinski definition) is 0. The summed E-state index contributed by atoms with van der Waals surface area (Å²) in [6.45, 7) is 5.80. The zero-order valence-electron chi connectivity index (χ0n) is 13.6. The van der Waals surface area contributed by atoms with Crippen molar-refractivity contribution in [3.63, 3.8) is 0 Å². The first kappa shape index (κ1) is 15.2. The van der Waals surface area contributed by atoms with Crippen LogP contribution >= 0.6 is 11.6 Å². The monoisotopic (exact) mass is 330 g/mol. The summed E-state index contributed by atoms with van der Waals surface area (Å²) in [7, 11) is 0. The average Bonchev–Trinajstić information content (AvgIpc) is 3.00. The number of fused-ring (bicyclic) bond motifs is 1. The number of halogens is 1. The number of hydrogen-bond acceptors (Lipinski definition) is 4. The molecule has 0 saturated carbocycles. The van der Waals surface area contributed by atoms with E-state index in [1.54, 1.807) is 6.33 Å². The van der Waals surface area contributed by atoms with Gasteiger partial charge in [-0.2, -0.15) is 0 Å². The lowest BCUT2D eigenvalue weighted by atomic mass is 10.0. The molecule has 0 bridgehead atoms. The zero-order chi connectivity index (χ0) is 15.8.